The second-order valence-corrected chi connectivity index (χ2v) is 13.4. The molecular formula is C25H33NO3Si. The van der Waals surface area contributed by atoms with Gasteiger partial charge in [0.05, 0.1) is 27.8 Å². The van der Waals surface area contributed by atoms with Crippen LogP contribution in [0.5, 0.6) is 5.75 Å². The third-order valence-electron chi connectivity index (χ3n) is 6.47. The van der Waals surface area contributed by atoms with Gasteiger partial charge in [-0.1, -0.05) is 66.8 Å². The highest BCUT2D eigenvalue weighted by molar-refractivity contribution is 6.91. The number of hydrogen-bond acceptors (Lipinski definition) is 3. The van der Waals surface area contributed by atoms with E-state index in [9.17, 15) is 9.90 Å². The summed E-state index contributed by atoms with van der Waals surface area (Å²) >= 11 is 0. The first kappa shape index (κ1) is 22.3. The van der Waals surface area contributed by atoms with Gasteiger partial charge in [-0.2, -0.15) is 0 Å². The molecule has 4 nitrogen and oxygen atoms in total. The minimum Gasteiger partial charge on any atom is -0.497 e. The van der Waals surface area contributed by atoms with Gasteiger partial charge in [-0.25, -0.2) is 0 Å². The molecule has 0 saturated carbocycles. The maximum Gasteiger partial charge on any atom is 0.223 e. The molecule has 1 heterocycles. The largest absolute Gasteiger partial charge is 0.497 e. The van der Waals surface area contributed by atoms with Crippen LogP contribution in [0, 0.1) is 0 Å². The lowest BCUT2D eigenvalue weighted by molar-refractivity contribution is -0.135. The number of ether oxygens (including phenoxy) is 1. The summed E-state index contributed by atoms with van der Waals surface area (Å²) in [7, 11) is -0.274. The van der Waals surface area contributed by atoms with E-state index in [1.807, 2.05) is 36.1 Å². The second kappa shape index (κ2) is 9.62. The molecule has 5 heteroatoms. The van der Waals surface area contributed by atoms with Gasteiger partial charge in [-0.05, 0) is 42.1 Å². The van der Waals surface area contributed by atoms with E-state index in [1.165, 1.54) is 16.3 Å². The summed E-state index contributed by atoms with van der Waals surface area (Å²) in [4.78, 5) is 15.3. The highest BCUT2D eigenvalue weighted by Crippen LogP contribution is 2.31. The first-order valence-electron chi connectivity index (χ1n) is 10.6. The van der Waals surface area contributed by atoms with E-state index in [1.54, 1.807) is 7.11 Å². The van der Waals surface area contributed by atoms with Crippen molar-refractivity contribution in [2.75, 3.05) is 13.7 Å². The highest BCUT2D eigenvalue weighted by atomic mass is 28.3. The molecular weight excluding hydrogens is 390 g/mol. The fourth-order valence-corrected chi connectivity index (χ4v) is 7.19. The van der Waals surface area contributed by atoms with Crippen molar-refractivity contribution in [1.82, 2.24) is 4.90 Å². The lowest BCUT2D eigenvalue weighted by Gasteiger charge is -2.38. The average molecular weight is 424 g/mol. The van der Waals surface area contributed by atoms with E-state index in [2.05, 4.69) is 49.5 Å². The minimum absolute atomic E-state index is 0.00629. The van der Waals surface area contributed by atoms with Crippen LogP contribution < -0.4 is 9.92 Å². The van der Waals surface area contributed by atoms with Gasteiger partial charge in [0.15, 0.2) is 0 Å². The zero-order chi connectivity index (χ0) is 21.7. The first-order chi connectivity index (χ1) is 14.4. The number of fused-ring (bicyclic) bond motifs is 1. The van der Waals surface area contributed by atoms with Crippen LogP contribution in [0.3, 0.4) is 0 Å². The van der Waals surface area contributed by atoms with Crippen LogP contribution in [-0.4, -0.2) is 43.7 Å². The highest BCUT2D eigenvalue weighted by Gasteiger charge is 2.36. The zero-order valence-corrected chi connectivity index (χ0v) is 19.5. The van der Waals surface area contributed by atoms with E-state index >= 15 is 0 Å². The number of aliphatic hydroxyl groups excluding tert-OH is 1. The van der Waals surface area contributed by atoms with Gasteiger partial charge >= 0.3 is 0 Å². The second-order valence-electron chi connectivity index (χ2n) is 8.62. The van der Waals surface area contributed by atoms with Crippen LogP contribution in [0.15, 0.2) is 60.7 Å². The van der Waals surface area contributed by atoms with E-state index < -0.39 is 8.07 Å². The molecule has 0 aromatic heterocycles. The van der Waals surface area contributed by atoms with Gasteiger partial charge in [0.2, 0.25) is 5.91 Å². The Kier molecular flexibility index (Phi) is 7.16. The Hall–Kier alpha value is -2.37. The Balaban J connectivity index is 1.82. The fourth-order valence-electron chi connectivity index (χ4n) is 4.38. The molecule has 0 radical (unpaired) electrons. The fraction of sp³-hybridized carbons (Fsp3) is 0.400. The quantitative estimate of drug-likeness (QED) is 0.543. The van der Waals surface area contributed by atoms with Crippen molar-refractivity contribution >= 4 is 19.2 Å². The van der Waals surface area contributed by atoms with Crippen molar-refractivity contribution in [3.63, 3.8) is 0 Å². The molecule has 1 aliphatic rings. The maximum absolute atomic E-state index is 13.4. The third-order valence-corrected chi connectivity index (χ3v) is 10.5. The molecule has 0 fully saturated rings. The summed E-state index contributed by atoms with van der Waals surface area (Å²) < 4.78 is 5.30. The van der Waals surface area contributed by atoms with Gasteiger partial charge in [0, 0.05) is 13.0 Å². The topological polar surface area (TPSA) is 49.8 Å². The van der Waals surface area contributed by atoms with Crippen LogP contribution in [0.25, 0.3) is 0 Å². The summed E-state index contributed by atoms with van der Waals surface area (Å²) in [6.07, 6.45) is 5.44. The van der Waals surface area contributed by atoms with Gasteiger partial charge in [-0.3, -0.25) is 4.79 Å². The molecule has 160 valence electrons. The Bertz CT molecular complexity index is 892. The van der Waals surface area contributed by atoms with Crippen LogP contribution in [0.2, 0.25) is 18.6 Å². The Morgan fingerprint density at radius 3 is 2.47 bits per heavy atom. The van der Waals surface area contributed by atoms with Crippen molar-refractivity contribution < 1.29 is 14.6 Å². The molecule has 1 amide bonds. The summed E-state index contributed by atoms with van der Waals surface area (Å²) in [5.41, 5.74) is 2.60. The standard InChI is InChI=1S/C25H33NO3Si/c1-5-8-24(30(3,4)23-13-11-22(29-2)12-14-23)16-25(28)26-17-20-10-7-6-9-19(20)15-21(26)18-27/h5-14,21,24,27H,15-18H2,1-4H3/b8-5+/t21-,24+/m0/s1. The number of benzene rings is 2. The molecule has 3 rings (SSSR count). The number of nitrogens with zero attached hydrogens (tertiary/aromatic N) is 1. The number of amides is 1. The molecule has 2 aromatic carbocycles. The number of carbonyl (C=O) groups excluding carboxylic acids is 1. The van der Waals surface area contributed by atoms with Crippen molar-refractivity contribution in [3.05, 3.63) is 71.8 Å². The van der Waals surface area contributed by atoms with Crippen molar-refractivity contribution in [2.45, 2.75) is 51.0 Å². The van der Waals surface area contributed by atoms with Crippen molar-refractivity contribution in [1.29, 1.82) is 0 Å². The number of aliphatic hydroxyl groups is 1. The molecule has 1 aliphatic heterocycles. The van der Waals surface area contributed by atoms with E-state index in [4.69, 9.17) is 4.74 Å². The van der Waals surface area contributed by atoms with Gasteiger partial charge in [0.25, 0.3) is 0 Å². The number of methoxy groups -OCH3 is 1. The smallest absolute Gasteiger partial charge is 0.223 e. The monoisotopic (exact) mass is 423 g/mol. The molecule has 0 spiro atoms. The van der Waals surface area contributed by atoms with Crippen LogP contribution in [-0.2, 0) is 17.8 Å². The number of allylic oxidation sites excluding steroid dienone is 2. The SMILES string of the molecule is C/C=C/[C@H](CC(=O)N1Cc2ccccc2C[C@H]1CO)[Si](C)(C)c1ccc(OC)cc1. The lowest BCUT2D eigenvalue weighted by Crippen LogP contribution is -2.50. The van der Waals surface area contributed by atoms with Gasteiger partial charge < -0.3 is 14.7 Å². The predicted octanol–water partition coefficient (Wildman–Crippen LogP) is 3.89. The minimum atomic E-state index is -1.95. The van der Waals surface area contributed by atoms with Gasteiger partial charge in [0.1, 0.15) is 5.75 Å². The van der Waals surface area contributed by atoms with Crippen LogP contribution >= 0.6 is 0 Å². The molecule has 0 saturated heterocycles. The molecule has 0 aliphatic carbocycles. The van der Waals surface area contributed by atoms with E-state index in [0.29, 0.717) is 19.4 Å². The van der Waals surface area contributed by atoms with Crippen LogP contribution in [0.4, 0.5) is 0 Å². The Morgan fingerprint density at radius 2 is 1.87 bits per heavy atom. The Morgan fingerprint density at radius 1 is 1.20 bits per heavy atom. The normalized spacial score (nSPS) is 17.6. The van der Waals surface area contributed by atoms with Crippen molar-refractivity contribution in [2.24, 2.45) is 0 Å². The first-order valence-corrected chi connectivity index (χ1v) is 13.7. The molecule has 30 heavy (non-hydrogen) atoms. The maximum atomic E-state index is 13.4. The van der Waals surface area contributed by atoms with E-state index in [0.717, 1.165) is 5.75 Å². The van der Waals surface area contributed by atoms with Crippen LogP contribution in [0.1, 0.15) is 24.5 Å². The summed E-state index contributed by atoms with van der Waals surface area (Å²) in [6, 6.07) is 16.4. The number of carbonyl (C=O) groups is 1. The third kappa shape index (κ3) is 4.68. The summed E-state index contributed by atoms with van der Waals surface area (Å²) in [5, 5.41) is 11.3. The lowest BCUT2D eigenvalue weighted by atomic mass is 9.94. The molecule has 2 aromatic rings. The summed E-state index contributed by atoms with van der Waals surface area (Å²) in [6.45, 7) is 7.23. The van der Waals surface area contributed by atoms with Crippen molar-refractivity contribution in [3.8, 4) is 5.75 Å². The number of hydrogen-bond donors (Lipinski definition) is 1. The molecule has 2 atom stereocenters. The van der Waals surface area contributed by atoms with Gasteiger partial charge in [-0.15, -0.1) is 0 Å². The predicted molar refractivity (Wildman–Crippen MR) is 125 cm³/mol. The summed E-state index contributed by atoms with van der Waals surface area (Å²) in [5.74, 6) is 0.973. The molecule has 1 N–H and O–H groups in total. The Labute approximate surface area is 181 Å². The molecule has 0 bridgehead atoms. The zero-order valence-electron chi connectivity index (χ0n) is 18.5. The average Bonchev–Trinajstić information content (AvgIpc) is 2.77. The van der Waals surface area contributed by atoms with E-state index in [-0.39, 0.29) is 24.1 Å². The molecule has 0 unspecified atom stereocenters. The number of rotatable bonds is 7.